The fraction of sp³-hybridized carbons (Fsp3) is 0.0962. The Morgan fingerprint density at radius 1 is 0.629 bits per heavy atom. The fourth-order valence-corrected chi connectivity index (χ4v) is 18.4. The Morgan fingerprint density at radius 3 is 2.05 bits per heavy atom. The summed E-state index contributed by atoms with van der Waals surface area (Å²) >= 11 is 2.69. The number of anilines is 5. The van der Waals surface area contributed by atoms with Crippen molar-refractivity contribution in [1.82, 2.24) is 44.8 Å². The molecular weight excluding hydrogens is 1890 g/mol. The maximum absolute atomic E-state index is 12.2. The molecule has 0 fully saturated rings. The number of pyridine rings is 2. The summed E-state index contributed by atoms with van der Waals surface area (Å²) in [6.45, 7) is 15.0. The van der Waals surface area contributed by atoms with Crippen LogP contribution < -0.4 is 36.1 Å². The lowest BCUT2D eigenvalue weighted by Gasteiger charge is -2.23. The number of azo groups is 1. The third-order valence-corrected chi connectivity index (χ3v) is 26.7. The quantitative estimate of drug-likeness (QED) is 0.00270. The zero-order valence-corrected chi connectivity index (χ0v) is 80.3. The van der Waals surface area contributed by atoms with E-state index in [1.165, 1.54) is 152 Å². The van der Waals surface area contributed by atoms with Crippen LogP contribution in [0.2, 0.25) is 0 Å². The Labute approximate surface area is 825 Å². The first-order valence-corrected chi connectivity index (χ1v) is 48.7. The first kappa shape index (κ1) is 99.5. The van der Waals surface area contributed by atoms with Crippen LogP contribution in [0.5, 0.6) is 28.7 Å². The molecule has 0 saturated carbocycles. The van der Waals surface area contributed by atoms with Crippen LogP contribution in [0.25, 0.3) is 96.6 Å². The van der Waals surface area contributed by atoms with E-state index in [0.29, 0.717) is 82.4 Å². The third-order valence-electron chi connectivity index (χ3n) is 22.1. The van der Waals surface area contributed by atoms with Crippen molar-refractivity contribution in [2.24, 2.45) is 25.4 Å². The maximum atomic E-state index is 12.2. The number of aliphatic imine (C=N–C) groups is 1. The van der Waals surface area contributed by atoms with Gasteiger partial charge in [0.15, 0.2) is 42.1 Å². The highest BCUT2D eigenvalue weighted by Gasteiger charge is 2.25. The standard InChI is InChI=1S/C23H27N3.C23H18N2O3.C19H12N2O5S.C15H13N5OS.C14H12N4O2S.C10H8N6O2S/c1-5-25(6-2)13-14-26-12-11-18-17(4)23-22(16(3)20(18)15-26)19-9-7-8-10-21(19)24-23;26-22-18(13-12-16-9-6-14-24-21(16)22)20(15-7-2-1-3-8-15)25-19-11-5-4-10-17(19)23(27)28;22-13-6-5-10(7-14(13)23)16-9-21-19(27-16)20-8-12-17(24)11-3-1-2-4-15(11)26-18(12)25;1-10(17-19-11-5-4-6-12(21)9-11)18-20-15-16-13-7-2-3-8-14(13)22-15;15-10-5-7-11(8-6-10)21(19,20)18-14-9-16-12-3-1-2-4-13(12)17-14;11-16-14-8-2-4-9(5-3-8)19(17,18)15-10-12-6-1-7-13-10/h7-12,15H,5-6,13-14H2,1-4H3;1-14,20,25-26H,(H,27,28);1-9,22-24H;2-9,19,21H,1H3;1-9H,15H2,(H,17,18);1-7H,(H,12,13,15)/p+1/t;20-;;;;/m.1..../s1. The molecule has 0 aliphatic heterocycles. The number of fused-ring (bicyclic) bond motifs is 8. The average Bonchev–Trinajstić information content (AvgIpc) is 1.59. The normalized spacial score (nSPS) is 11.6. The van der Waals surface area contributed by atoms with Gasteiger partial charge in [-0.05, 0) is 200 Å². The number of nitrogens with two attached hydrogens (primary N) is 1. The van der Waals surface area contributed by atoms with Gasteiger partial charge in [-0.1, -0.05) is 175 Å². The van der Waals surface area contributed by atoms with E-state index in [1.807, 2.05) is 91.0 Å². The zero-order valence-electron chi connectivity index (χ0n) is 77.0. The number of thiazole rings is 2. The summed E-state index contributed by atoms with van der Waals surface area (Å²) in [5.41, 5.74) is 28.4. The van der Waals surface area contributed by atoms with Gasteiger partial charge in [0.2, 0.25) is 16.2 Å². The van der Waals surface area contributed by atoms with Gasteiger partial charge in [-0.3, -0.25) is 25.0 Å². The largest absolute Gasteiger partial charge is 0.508 e. The van der Waals surface area contributed by atoms with Crippen LogP contribution in [0.3, 0.4) is 0 Å². The number of carbonyl (C=O) groups is 1. The number of nitrogen functional groups attached to an aromatic ring is 1. The summed E-state index contributed by atoms with van der Waals surface area (Å²) in [6, 6.07) is 80.0. The molecule has 8 aromatic heterocycles. The van der Waals surface area contributed by atoms with Crippen molar-refractivity contribution < 1.29 is 61.3 Å². The number of carboxylic acid groups (broad SMARTS) is 1. The van der Waals surface area contributed by atoms with Gasteiger partial charge in [0, 0.05) is 97.7 Å². The van der Waals surface area contributed by atoms with Crippen molar-refractivity contribution >= 4 is 181 Å². The van der Waals surface area contributed by atoms with Gasteiger partial charge in [0.05, 0.1) is 76.9 Å². The maximum Gasteiger partial charge on any atom is 0.348 e. The van der Waals surface area contributed by atoms with Crippen molar-refractivity contribution in [2.45, 2.75) is 57.0 Å². The number of phenolic OH excluding ortho intramolecular Hbond substituents is 4. The van der Waals surface area contributed by atoms with Crippen molar-refractivity contribution in [1.29, 1.82) is 0 Å². The number of aromatic nitrogens is 9. The summed E-state index contributed by atoms with van der Waals surface area (Å²) in [5, 5.41) is 85.5. The Bertz CT molecular complexity index is 8430. The van der Waals surface area contributed by atoms with Gasteiger partial charge in [-0.25, -0.2) is 65.6 Å². The van der Waals surface area contributed by atoms with E-state index in [1.54, 1.807) is 116 Å². The molecule has 1 atom stereocenters. The lowest BCUT2D eigenvalue weighted by molar-refractivity contribution is -0.695. The van der Waals surface area contributed by atoms with Gasteiger partial charge < -0.3 is 51.1 Å². The molecular formula is C104H91N22O13S4+. The molecule has 0 amide bonds. The Balaban J connectivity index is 0.000000130. The number of hydrogen-bond donors (Lipinski definition) is 12. The number of hydrazone groups is 1. The minimum Gasteiger partial charge on any atom is -0.508 e. The number of amidine groups is 1. The Hall–Kier alpha value is -18.0. The lowest BCUT2D eigenvalue weighted by Crippen LogP contribution is -2.40. The molecule has 0 radical (unpaired) electrons. The Morgan fingerprint density at radius 2 is 1.31 bits per heavy atom. The molecule has 0 unspecified atom stereocenters. The molecule has 0 saturated heterocycles. The highest BCUT2D eigenvalue weighted by Crippen LogP contribution is 2.41. The summed E-state index contributed by atoms with van der Waals surface area (Å²) in [7, 11) is -7.46. The summed E-state index contributed by atoms with van der Waals surface area (Å²) < 4.78 is 61.6. The van der Waals surface area contributed by atoms with Crippen molar-refractivity contribution in [3.05, 3.63) is 377 Å². The summed E-state index contributed by atoms with van der Waals surface area (Å²) in [6.07, 6.45) is 13.2. The van der Waals surface area contributed by atoms with Crippen molar-refractivity contribution in [3.63, 3.8) is 0 Å². The number of nitrogens with zero attached hydrogens (tertiary/aromatic N) is 16. The van der Waals surface area contributed by atoms with Gasteiger partial charge in [0.25, 0.3) is 20.0 Å². The van der Waals surface area contributed by atoms with Crippen LogP contribution in [0.15, 0.2) is 367 Å². The van der Waals surface area contributed by atoms with Gasteiger partial charge in [-0.2, -0.15) is 5.10 Å². The molecule has 8 heterocycles. The molecule has 0 aliphatic rings. The summed E-state index contributed by atoms with van der Waals surface area (Å²) in [4.78, 5) is 66.1. The molecule has 0 bridgehead atoms. The van der Waals surface area contributed by atoms with E-state index in [9.17, 15) is 57.1 Å². The van der Waals surface area contributed by atoms with Crippen LogP contribution in [-0.2, 0) is 26.6 Å². The van der Waals surface area contributed by atoms with E-state index >= 15 is 0 Å². The number of aromatic carboxylic acids is 1. The highest BCUT2D eigenvalue weighted by atomic mass is 32.2. The van der Waals surface area contributed by atoms with E-state index < -0.39 is 37.7 Å². The molecule has 35 nitrogen and oxygen atoms in total. The number of hydrogen-bond acceptors (Lipinski definition) is 29. The molecule has 39 heteroatoms. The van der Waals surface area contributed by atoms with E-state index in [4.69, 9.17) is 15.7 Å². The molecule has 718 valence electrons. The number of rotatable bonds is 23. The van der Waals surface area contributed by atoms with Crippen LogP contribution in [0, 0.1) is 13.8 Å². The minimum absolute atomic E-state index is 0.0124. The first-order valence-electron chi connectivity index (χ1n) is 44.1. The van der Waals surface area contributed by atoms with E-state index in [0.717, 1.165) is 47.3 Å². The topological polar surface area (TPSA) is 522 Å². The lowest BCUT2D eigenvalue weighted by atomic mass is 9.95. The van der Waals surface area contributed by atoms with E-state index in [2.05, 4.69) is 170 Å². The van der Waals surface area contributed by atoms with Crippen LogP contribution in [-0.4, -0.2) is 130 Å². The predicted octanol–water partition coefficient (Wildman–Crippen LogP) is 22.1. The van der Waals surface area contributed by atoms with Crippen molar-refractivity contribution in [3.8, 4) is 39.2 Å². The number of H-pyrrole nitrogens is 1. The number of benzene rings is 12. The number of aryl methyl sites for hydroxylation is 2. The molecule has 143 heavy (non-hydrogen) atoms. The number of carboxylic acids is 1. The number of sulfonamides is 2. The number of nitrogens with one attached hydrogen (secondary N) is 5. The second kappa shape index (κ2) is 46.0. The highest BCUT2D eigenvalue weighted by molar-refractivity contribution is 7.93. The summed E-state index contributed by atoms with van der Waals surface area (Å²) in [5.74, 6) is -0.786. The molecule has 0 aliphatic carbocycles. The molecule has 0 spiro atoms. The number of phenols is 4. The van der Waals surface area contributed by atoms with Crippen LogP contribution >= 0.6 is 22.7 Å². The number of azide groups is 1. The monoisotopic (exact) mass is 1980 g/mol. The number of aromatic amines is 1. The average molecular weight is 1990 g/mol. The fourth-order valence-electron chi connectivity index (χ4n) is 14.9. The second-order valence-electron chi connectivity index (χ2n) is 31.5. The third kappa shape index (κ3) is 24.9. The van der Waals surface area contributed by atoms with Crippen molar-refractivity contribution in [2.75, 3.05) is 45.6 Å². The molecule has 12 aromatic carbocycles. The predicted molar refractivity (Wildman–Crippen MR) is 560 cm³/mol. The van der Waals surface area contributed by atoms with Crippen LogP contribution in [0.1, 0.15) is 65.0 Å². The van der Waals surface area contributed by atoms with Gasteiger partial charge in [-0.15, -0.1) is 10.2 Å². The molecule has 13 N–H and O–H groups in total. The number of para-hydroxylation sites is 6. The van der Waals surface area contributed by atoms with Crippen LogP contribution in [0.4, 0.5) is 44.8 Å². The second-order valence-corrected chi connectivity index (χ2v) is 36.9. The van der Waals surface area contributed by atoms with E-state index in [-0.39, 0.29) is 61.4 Å². The Kier molecular flexibility index (Phi) is 32.0. The number of aromatic hydroxyl groups is 5. The molecule has 20 rings (SSSR count). The van der Waals surface area contributed by atoms with Gasteiger partial charge in [0.1, 0.15) is 33.9 Å². The SMILES string of the molecule is CC(N=Nc1nc2ccccc2s1)=NNc1cccc(O)c1.CCN(CC)CC[n+]1ccc2c(C)c3[nH]c4ccccc4c3c(C)c2c1.Nc1ccc(S(=O)(=O)Nc2cnc3ccccc3n2)cc1.O=C(O)c1ccccc1N[C@H](c1ccccc1)c1ccc2cccnc2c1O.O=c1oc2ccccc2c(O)c1C=Nc1ncc(-c2ccc(O)c(O)c2)s1.[N-]=[N+]=Nc1ccc(S(=O)(=O)Nc2ncccn2)cc1. The minimum atomic E-state index is -3.75. The first-order chi connectivity index (χ1) is 69.2. The van der Waals surface area contributed by atoms with Gasteiger partial charge >= 0.3 is 11.6 Å². The smallest absolute Gasteiger partial charge is 0.348 e. The number of likely N-dealkylation sites (N-methyl/N-ethyl adjacent to an activating group) is 1. The molecule has 20 aromatic rings. The zero-order chi connectivity index (χ0) is 101.